The third-order valence-corrected chi connectivity index (χ3v) is 3.63. The van der Waals surface area contributed by atoms with Crippen molar-refractivity contribution in [2.45, 2.75) is 19.6 Å². The minimum Gasteiger partial charge on any atom is -0.493 e. The fraction of sp³-hybridized carbons (Fsp3) is 0.368. The van der Waals surface area contributed by atoms with E-state index in [0.717, 1.165) is 0 Å². The summed E-state index contributed by atoms with van der Waals surface area (Å²) in [5.74, 6) is 2.41. The molecule has 3 N–H and O–H groups in total. The molecule has 1 atom stereocenters. The number of hydrogen-bond donors (Lipinski definition) is 3. The van der Waals surface area contributed by atoms with Crippen molar-refractivity contribution in [2.75, 3.05) is 27.2 Å². The van der Waals surface area contributed by atoms with Crippen LogP contribution in [-0.2, 0) is 11.3 Å². The topological polar surface area (TPSA) is 97.1 Å². The van der Waals surface area contributed by atoms with Gasteiger partial charge in [-0.1, -0.05) is 12.1 Å². The molecule has 0 spiro atoms. The van der Waals surface area contributed by atoms with Crippen LogP contribution in [0.3, 0.4) is 0 Å². The van der Waals surface area contributed by atoms with Crippen molar-refractivity contribution >= 4 is 11.9 Å². The van der Waals surface area contributed by atoms with E-state index in [9.17, 15) is 4.79 Å². The highest BCUT2D eigenvalue weighted by atomic mass is 16.5. The van der Waals surface area contributed by atoms with Crippen molar-refractivity contribution in [3.8, 4) is 11.5 Å². The highest BCUT2D eigenvalue weighted by Crippen LogP contribution is 2.26. The largest absolute Gasteiger partial charge is 0.493 e. The van der Waals surface area contributed by atoms with E-state index in [-0.39, 0.29) is 18.6 Å². The van der Waals surface area contributed by atoms with Crippen molar-refractivity contribution in [2.24, 2.45) is 4.99 Å². The summed E-state index contributed by atoms with van der Waals surface area (Å²) in [4.78, 5) is 16.0. The lowest BCUT2D eigenvalue weighted by Crippen LogP contribution is -2.45. The number of para-hydroxylation sites is 2. The second-order valence-electron chi connectivity index (χ2n) is 5.74. The number of carbonyl (C=O) groups excluding carboxylic acids is 1. The van der Waals surface area contributed by atoms with Crippen LogP contribution in [0.2, 0.25) is 0 Å². The number of nitrogens with zero attached hydrogens (tertiary/aromatic N) is 1. The number of aliphatic imine (C=N–C) groups is 1. The van der Waals surface area contributed by atoms with Gasteiger partial charge in [0.25, 0.3) is 0 Å². The number of hydrogen-bond acceptors (Lipinski definition) is 5. The van der Waals surface area contributed by atoms with Gasteiger partial charge >= 0.3 is 0 Å². The number of guanidine groups is 1. The summed E-state index contributed by atoms with van der Waals surface area (Å²) in [6.45, 7) is 2.89. The lowest BCUT2D eigenvalue weighted by molar-refractivity contribution is -0.120. The Kier molecular flexibility index (Phi) is 8.02. The van der Waals surface area contributed by atoms with Crippen LogP contribution in [0, 0.1) is 0 Å². The van der Waals surface area contributed by atoms with Gasteiger partial charge in [0.05, 0.1) is 33.0 Å². The summed E-state index contributed by atoms with van der Waals surface area (Å²) in [7, 11) is 3.25. The number of amides is 1. The molecule has 0 aliphatic heterocycles. The van der Waals surface area contributed by atoms with Crippen molar-refractivity contribution in [3.05, 3.63) is 48.4 Å². The SMILES string of the molecule is CN=C(NCC(=O)NCc1ccco1)NCC(C)Oc1ccccc1OC. The molecular weight excluding hydrogens is 348 g/mol. The standard InChI is InChI=1S/C19H26N4O4/c1-14(27-17-9-5-4-8-16(17)25-3)11-22-19(20-2)23-13-18(24)21-12-15-7-6-10-26-15/h4-10,14H,11-13H2,1-3H3,(H,21,24)(H2,20,22,23). The number of rotatable bonds is 9. The van der Waals surface area contributed by atoms with Gasteiger partial charge in [-0.25, -0.2) is 0 Å². The Labute approximate surface area is 159 Å². The van der Waals surface area contributed by atoms with Gasteiger partial charge in [0.15, 0.2) is 17.5 Å². The molecular formula is C19H26N4O4. The van der Waals surface area contributed by atoms with Crippen molar-refractivity contribution < 1.29 is 18.7 Å². The predicted molar refractivity (Wildman–Crippen MR) is 103 cm³/mol. The number of nitrogens with one attached hydrogen (secondary N) is 3. The molecule has 1 unspecified atom stereocenters. The molecule has 2 rings (SSSR count). The Morgan fingerprint density at radius 3 is 2.59 bits per heavy atom. The molecule has 146 valence electrons. The van der Waals surface area contributed by atoms with E-state index in [1.165, 1.54) is 0 Å². The zero-order valence-corrected chi connectivity index (χ0v) is 15.8. The Morgan fingerprint density at radius 1 is 1.15 bits per heavy atom. The average molecular weight is 374 g/mol. The van der Waals surface area contributed by atoms with Gasteiger partial charge in [-0.3, -0.25) is 9.79 Å². The normalized spacial score (nSPS) is 12.2. The van der Waals surface area contributed by atoms with Crippen LogP contribution in [0.15, 0.2) is 52.1 Å². The Bertz CT molecular complexity index is 731. The molecule has 1 amide bonds. The Balaban J connectivity index is 1.70. The maximum absolute atomic E-state index is 11.9. The maximum Gasteiger partial charge on any atom is 0.239 e. The van der Waals surface area contributed by atoms with E-state index < -0.39 is 0 Å². The molecule has 27 heavy (non-hydrogen) atoms. The number of ether oxygens (including phenoxy) is 2. The van der Waals surface area contributed by atoms with E-state index in [4.69, 9.17) is 13.9 Å². The number of benzene rings is 1. The summed E-state index contributed by atoms with van der Waals surface area (Å²) in [6.07, 6.45) is 1.44. The van der Waals surface area contributed by atoms with Gasteiger partial charge in [-0.2, -0.15) is 0 Å². The molecule has 0 bridgehead atoms. The molecule has 1 aromatic carbocycles. The lowest BCUT2D eigenvalue weighted by Gasteiger charge is -2.19. The third-order valence-electron chi connectivity index (χ3n) is 3.63. The second kappa shape index (κ2) is 10.7. The number of methoxy groups -OCH3 is 1. The summed E-state index contributed by atoms with van der Waals surface area (Å²) in [5.41, 5.74) is 0. The van der Waals surface area contributed by atoms with E-state index in [1.54, 1.807) is 32.6 Å². The van der Waals surface area contributed by atoms with Gasteiger partial charge in [0, 0.05) is 7.05 Å². The van der Waals surface area contributed by atoms with E-state index in [0.29, 0.717) is 36.3 Å². The molecule has 0 fully saturated rings. The highest BCUT2D eigenvalue weighted by molar-refractivity contribution is 5.86. The predicted octanol–water partition coefficient (Wildman–Crippen LogP) is 1.54. The molecule has 0 saturated carbocycles. The highest BCUT2D eigenvalue weighted by Gasteiger charge is 2.10. The molecule has 0 aliphatic carbocycles. The zero-order chi connectivity index (χ0) is 19.5. The molecule has 0 saturated heterocycles. The number of carbonyl (C=O) groups is 1. The van der Waals surface area contributed by atoms with Crippen molar-refractivity contribution in [1.82, 2.24) is 16.0 Å². The molecule has 1 heterocycles. The minimum atomic E-state index is -0.160. The fourth-order valence-corrected chi connectivity index (χ4v) is 2.26. The fourth-order valence-electron chi connectivity index (χ4n) is 2.26. The molecule has 8 nitrogen and oxygen atoms in total. The van der Waals surface area contributed by atoms with Crippen LogP contribution in [0.5, 0.6) is 11.5 Å². The van der Waals surface area contributed by atoms with Crippen molar-refractivity contribution in [1.29, 1.82) is 0 Å². The molecule has 0 radical (unpaired) electrons. The van der Waals surface area contributed by atoms with Crippen LogP contribution in [0.1, 0.15) is 12.7 Å². The van der Waals surface area contributed by atoms with Gasteiger partial charge in [-0.15, -0.1) is 0 Å². The van der Waals surface area contributed by atoms with Gasteiger partial charge in [0.2, 0.25) is 5.91 Å². The summed E-state index contributed by atoms with van der Waals surface area (Å²) < 4.78 is 16.3. The summed E-state index contributed by atoms with van der Waals surface area (Å²) in [6, 6.07) is 11.1. The number of furan rings is 1. The smallest absolute Gasteiger partial charge is 0.239 e. The first kappa shape index (κ1) is 20.2. The van der Waals surface area contributed by atoms with Crippen molar-refractivity contribution in [3.63, 3.8) is 0 Å². The Hall–Kier alpha value is -3.16. The maximum atomic E-state index is 11.9. The van der Waals surface area contributed by atoms with Gasteiger partial charge in [0.1, 0.15) is 11.9 Å². The molecule has 0 aliphatic rings. The second-order valence-corrected chi connectivity index (χ2v) is 5.74. The lowest BCUT2D eigenvalue weighted by atomic mass is 10.3. The van der Waals surface area contributed by atoms with Crippen LogP contribution >= 0.6 is 0 Å². The Morgan fingerprint density at radius 2 is 1.93 bits per heavy atom. The first-order valence-corrected chi connectivity index (χ1v) is 8.65. The van der Waals surface area contributed by atoms with Crippen LogP contribution in [-0.4, -0.2) is 45.2 Å². The van der Waals surface area contributed by atoms with Crippen LogP contribution < -0.4 is 25.4 Å². The van der Waals surface area contributed by atoms with Gasteiger partial charge in [-0.05, 0) is 31.2 Å². The summed E-state index contributed by atoms with van der Waals surface area (Å²) >= 11 is 0. The van der Waals surface area contributed by atoms with Crippen LogP contribution in [0.25, 0.3) is 0 Å². The molecule has 8 heteroatoms. The first-order valence-electron chi connectivity index (χ1n) is 8.65. The minimum absolute atomic E-state index is 0.0993. The first-order chi connectivity index (χ1) is 13.1. The third kappa shape index (κ3) is 6.93. The van der Waals surface area contributed by atoms with Gasteiger partial charge < -0.3 is 29.8 Å². The van der Waals surface area contributed by atoms with E-state index >= 15 is 0 Å². The monoisotopic (exact) mass is 374 g/mol. The molecule has 2 aromatic rings. The van der Waals surface area contributed by atoms with E-state index in [1.807, 2.05) is 31.2 Å². The van der Waals surface area contributed by atoms with Crippen LogP contribution in [0.4, 0.5) is 0 Å². The quantitative estimate of drug-likeness (QED) is 0.455. The van der Waals surface area contributed by atoms with E-state index in [2.05, 4.69) is 20.9 Å². The molecule has 1 aromatic heterocycles. The zero-order valence-electron chi connectivity index (χ0n) is 15.8. The summed E-state index contributed by atoms with van der Waals surface area (Å²) in [5, 5.41) is 8.84. The average Bonchev–Trinajstić information content (AvgIpc) is 3.20.